The van der Waals surface area contributed by atoms with Crippen LogP contribution in [0.5, 0.6) is 0 Å². The third-order valence-electron chi connectivity index (χ3n) is 3.27. The molecule has 4 heteroatoms. The molecular formula is C15H19BrN2S. The van der Waals surface area contributed by atoms with Crippen molar-refractivity contribution in [3.8, 4) is 0 Å². The Hall–Kier alpha value is -0.680. The van der Waals surface area contributed by atoms with Crippen molar-refractivity contribution in [1.29, 1.82) is 0 Å². The Balaban J connectivity index is 1.96. The van der Waals surface area contributed by atoms with Crippen molar-refractivity contribution >= 4 is 27.3 Å². The molecule has 0 saturated carbocycles. The van der Waals surface area contributed by atoms with E-state index in [0.29, 0.717) is 12.6 Å². The zero-order chi connectivity index (χ0) is 13.7. The van der Waals surface area contributed by atoms with E-state index in [1.165, 1.54) is 10.4 Å². The second-order valence-electron chi connectivity index (χ2n) is 4.61. The van der Waals surface area contributed by atoms with Gasteiger partial charge in [0.25, 0.3) is 0 Å². The Morgan fingerprint density at radius 3 is 2.53 bits per heavy atom. The first-order chi connectivity index (χ1) is 9.20. The predicted molar refractivity (Wildman–Crippen MR) is 86.6 cm³/mol. The van der Waals surface area contributed by atoms with Gasteiger partial charge in [-0.05, 0) is 47.1 Å². The molecule has 0 amide bonds. The molecule has 1 unspecified atom stereocenters. The summed E-state index contributed by atoms with van der Waals surface area (Å²) in [4.78, 5) is 3.66. The number of hydrogen-bond acceptors (Lipinski definition) is 3. The number of hydrogen-bond donors (Lipinski definition) is 1. The molecule has 0 aliphatic heterocycles. The highest BCUT2D eigenvalue weighted by molar-refractivity contribution is 9.11. The molecule has 2 N–H and O–H groups in total. The fraction of sp³-hybridized carbons (Fsp3) is 0.333. The van der Waals surface area contributed by atoms with Gasteiger partial charge in [-0.3, -0.25) is 4.90 Å². The van der Waals surface area contributed by atoms with Crippen LogP contribution in [0, 0.1) is 0 Å². The van der Waals surface area contributed by atoms with Gasteiger partial charge in [0, 0.05) is 18.0 Å². The fourth-order valence-corrected chi connectivity index (χ4v) is 3.73. The van der Waals surface area contributed by atoms with Gasteiger partial charge in [-0.25, -0.2) is 0 Å². The monoisotopic (exact) mass is 338 g/mol. The van der Waals surface area contributed by atoms with Crippen LogP contribution >= 0.6 is 27.3 Å². The molecule has 0 aliphatic carbocycles. The Morgan fingerprint density at radius 1 is 1.21 bits per heavy atom. The molecule has 1 atom stereocenters. The van der Waals surface area contributed by atoms with Crippen molar-refractivity contribution in [2.45, 2.75) is 12.5 Å². The van der Waals surface area contributed by atoms with E-state index in [2.05, 4.69) is 70.3 Å². The summed E-state index contributed by atoms with van der Waals surface area (Å²) in [6.07, 6.45) is 1.06. The molecular weight excluding hydrogens is 320 g/mol. The van der Waals surface area contributed by atoms with E-state index in [9.17, 15) is 0 Å². The molecule has 2 aromatic rings. The quantitative estimate of drug-likeness (QED) is 0.870. The highest BCUT2D eigenvalue weighted by Gasteiger charge is 2.16. The predicted octanol–water partition coefficient (Wildman–Crippen LogP) is 3.68. The summed E-state index contributed by atoms with van der Waals surface area (Å²) >= 11 is 5.28. The highest BCUT2D eigenvalue weighted by Crippen LogP contribution is 2.29. The molecule has 0 radical (unpaired) electrons. The van der Waals surface area contributed by atoms with E-state index in [1.807, 2.05) is 0 Å². The van der Waals surface area contributed by atoms with E-state index in [0.717, 1.165) is 16.8 Å². The summed E-state index contributed by atoms with van der Waals surface area (Å²) in [6.45, 7) is 1.67. The van der Waals surface area contributed by atoms with Gasteiger partial charge in [0.2, 0.25) is 0 Å². The number of nitrogens with two attached hydrogens (primary N) is 1. The molecule has 19 heavy (non-hydrogen) atoms. The largest absolute Gasteiger partial charge is 0.329 e. The average Bonchev–Trinajstić information content (AvgIpc) is 2.85. The highest BCUT2D eigenvalue weighted by atomic mass is 79.9. The zero-order valence-electron chi connectivity index (χ0n) is 11.1. The Bertz CT molecular complexity index is 498. The lowest BCUT2D eigenvalue weighted by atomic mass is 10.1. The van der Waals surface area contributed by atoms with Crippen molar-refractivity contribution in [3.63, 3.8) is 0 Å². The van der Waals surface area contributed by atoms with E-state index >= 15 is 0 Å². The molecule has 0 saturated heterocycles. The number of nitrogens with zero attached hydrogens (tertiary/aromatic N) is 1. The SMILES string of the molecule is CN(CCc1ccccc1)C(CN)c1ccc(Br)s1. The first kappa shape index (κ1) is 14.7. The molecule has 0 aliphatic rings. The van der Waals surface area contributed by atoms with Crippen LogP contribution in [0.2, 0.25) is 0 Å². The van der Waals surface area contributed by atoms with Crippen LogP contribution in [0.4, 0.5) is 0 Å². The molecule has 2 nitrogen and oxygen atoms in total. The second kappa shape index (κ2) is 7.20. The van der Waals surface area contributed by atoms with Crippen molar-refractivity contribution < 1.29 is 0 Å². The van der Waals surface area contributed by atoms with Crippen LogP contribution in [0.15, 0.2) is 46.3 Å². The number of likely N-dealkylation sites (N-methyl/N-ethyl adjacent to an activating group) is 1. The molecule has 102 valence electrons. The zero-order valence-corrected chi connectivity index (χ0v) is 13.5. The fourth-order valence-electron chi connectivity index (χ4n) is 2.13. The minimum Gasteiger partial charge on any atom is -0.329 e. The maximum absolute atomic E-state index is 5.93. The van der Waals surface area contributed by atoms with Crippen LogP contribution in [0.1, 0.15) is 16.5 Å². The van der Waals surface area contributed by atoms with Gasteiger partial charge in [0.15, 0.2) is 0 Å². The number of benzene rings is 1. The van der Waals surface area contributed by atoms with Crippen molar-refractivity contribution in [2.75, 3.05) is 20.1 Å². The van der Waals surface area contributed by atoms with Crippen molar-refractivity contribution in [1.82, 2.24) is 4.90 Å². The Labute approximate surface area is 127 Å². The van der Waals surface area contributed by atoms with Gasteiger partial charge in [-0.15, -0.1) is 11.3 Å². The smallest absolute Gasteiger partial charge is 0.0702 e. The number of rotatable bonds is 6. The first-order valence-electron chi connectivity index (χ1n) is 6.40. The second-order valence-corrected chi connectivity index (χ2v) is 7.10. The maximum atomic E-state index is 5.93. The van der Waals surface area contributed by atoms with Crippen LogP contribution in [-0.4, -0.2) is 25.0 Å². The minimum atomic E-state index is 0.306. The van der Waals surface area contributed by atoms with Gasteiger partial charge >= 0.3 is 0 Å². The van der Waals surface area contributed by atoms with Crippen molar-refractivity contribution in [3.05, 3.63) is 56.7 Å². The average molecular weight is 339 g/mol. The first-order valence-corrected chi connectivity index (χ1v) is 8.01. The minimum absolute atomic E-state index is 0.306. The molecule has 0 spiro atoms. The van der Waals surface area contributed by atoms with Gasteiger partial charge in [-0.1, -0.05) is 30.3 Å². The van der Waals surface area contributed by atoms with Crippen LogP contribution in [0.3, 0.4) is 0 Å². The van der Waals surface area contributed by atoms with Gasteiger partial charge in [-0.2, -0.15) is 0 Å². The normalized spacial score (nSPS) is 12.8. The summed E-state index contributed by atoms with van der Waals surface area (Å²) in [5, 5.41) is 0. The van der Waals surface area contributed by atoms with Gasteiger partial charge < -0.3 is 5.73 Å². The van der Waals surface area contributed by atoms with E-state index < -0.39 is 0 Å². The van der Waals surface area contributed by atoms with Gasteiger partial charge in [0.1, 0.15) is 0 Å². The van der Waals surface area contributed by atoms with Crippen LogP contribution in [0.25, 0.3) is 0 Å². The Kier molecular flexibility index (Phi) is 5.58. The summed E-state index contributed by atoms with van der Waals surface area (Å²) in [5.41, 5.74) is 7.31. The summed E-state index contributed by atoms with van der Waals surface area (Å²) in [5.74, 6) is 0. The lowest BCUT2D eigenvalue weighted by molar-refractivity contribution is 0.256. The van der Waals surface area contributed by atoms with E-state index in [4.69, 9.17) is 5.73 Å². The molecule has 0 fully saturated rings. The number of halogens is 1. The summed E-state index contributed by atoms with van der Waals surface area (Å²) < 4.78 is 1.16. The number of thiophene rings is 1. The Morgan fingerprint density at radius 2 is 1.95 bits per heavy atom. The van der Waals surface area contributed by atoms with E-state index in [-0.39, 0.29) is 0 Å². The van der Waals surface area contributed by atoms with Crippen LogP contribution in [-0.2, 0) is 6.42 Å². The lowest BCUT2D eigenvalue weighted by Gasteiger charge is -2.26. The standard InChI is InChI=1S/C15H19BrN2S/c1-18(10-9-12-5-3-2-4-6-12)13(11-17)14-7-8-15(16)19-14/h2-8,13H,9-11,17H2,1H3. The van der Waals surface area contributed by atoms with E-state index in [1.54, 1.807) is 11.3 Å². The topological polar surface area (TPSA) is 29.3 Å². The molecule has 1 aromatic heterocycles. The maximum Gasteiger partial charge on any atom is 0.0702 e. The summed E-state index contributed by atoms with van der Waals surface area (Å²) in [7, 11) is 2.15. The van der Waals surface area contributed by atoms with Crippen LogP contribution < -0.4 is 5.73 Å². The summed E-state index contributed by atoms with van der Waals surface area (Å²) in [6, 6.07) is 15.1. The third kappa shape index (κ3) is 4.14. The molecule has 2 rings (SSSR count). The molecule has 1 heterocycles. The third-order valence-corrected chi connectivity index (χ3v) is 5.00. The van der Waals surface area contributed by atoms with Crippen molar-refractivity contribution in [2.24, 2.45) is 5.73 Å². The lowest BCUT2D eigenvalue weighted by Crippen LogP contribution is -2.31. The van der Waals surface area contributed by atoms with Gasteiger partial charge in [0.05, 0.1) is 9.83 Å². The molecule has 0 bridgehead atoms. The molecule has 1 aromatic carbocycles.